The van der Waals surface area contributed by atoms with E-state index in [1.165, 1.54) is 17.0 Å². The third kappa shape index (κ3) is 4.43. The second-order valence-corrected chi connectivity index (χ2v) is 5.47. The predicted molar refractivity (Wildman–Crippen MR) is 90.1 cm³/mol. The maximum atomic E-state index is 13.8. The quantitative estimate of drug-likeness (QED) is 0.891. The number of carbonyl (C=O) groups excluding carboxylic acids is 1. The monoisotopic (exact) mass is 360 g/mol. The Morgan fingerprint density at radius 1 is 1.52 bits per heavy atom. The lowest BCUT2D eigenvalue weighted by molar-refractivity contribution is -0.132. The largest absolute Gasteiger partial charge is 0.340 e. The molecule has 2 aromatic rings. The van der Waals surface area contributed by atoms with Gasteiger partial charge < -0.3 is 10.2 Å². The minimum atomic E-state index is -0.538. The Bertz CT molecular complexity index is 657. The number of likely N-dealkylation sites (N-methyl/N-ethyl adjacent to an activating group) is 2. The van der Waals surface area contributed by atoms with Gasteiger partial charge in [0.05, 0.1) is 6.20 Å². The predicted octanol–water partition coefficient (Wildman–Crippen LogP) is 2.55. The topological polar surface area (TPSA) is 50.2 Å². The molecule has 0 aliphatic heterocycles. The molecule has 0 bridgehead atoms. The first-order valence-corrected chi connectivity index (χ1v) is 7.15. The Labute approximate surface area is 145 Å². The van der Waals surface area contributed by atoms with Gasteiger partial charge in [-0.3, -0.25) is 9.48 Å². The Balaban J connectivity index is 0.00000264. The molecule has 1 aromatic heterocycles. The fourth-order valence-electron chi connectivity index (χ4n) is 2.24. The summed E-state index contributed by atoms with van der Waals surface area (Å²) in [5, 5.41) is 7.33. The SMILES string of the molecule is CNC(C(=O)N(C)Cc1c(F)cccc1Cl)c1cnn(C)c1.Cl. The molecular formula is C15H19Cl2FN4O. The lowest BCUT2D eigenvalue weighted by atomic mass is 10.1. The number of nitrogens with zero attached hydrogens (tertiary/aromatic N) is 3. The number of rotatable bonds is 5. The van der Waals surface area contributed by atoms with E-state index in [1.807, 2.05) is 0 Å². The highest BCUT2D eigenvalue weighted by Gasteiger charge is 2.24. The summed E-state index contributed by atoms with van der Waals surface area (Å²) in [6, 6.07) is 3.93. The number of nitrogens with one attached hydrogen (secondary N) is 1. The number of aryl methyl sites for hydroxylation is 1. The van der Waals surface area contributed by atoms with Gasteiger partial charge in [0.15, 0.2) is 0 Å². The highest BCUT2D eigenvalue weighted by atomic mass is 35.5. The summed E-state index contributed by atoms with van der Waals surface area (Å²) in [6.07, 6.45) is 3.39. The molecule has 0 radical (unpaired) electrons. The van der Waals surface area contributed by atoms with Gasteiger partial charge >= 0.3 is 0 Å². The normalized spacial score (nSPS) is 11.7. The van der Waals surface area contributed by atoms with Crippen LogP contribution >= 0.6 is 24.0 Å². The highest BCUT2D eigenvalue weighted by molar-refractivity contribution is 6.31. The molecule has 0 spiro atoms. The molecule has 2 rings (SSSR count). The van der Waals surface area contributed by atoms with Crippen molar-refractivity contribution in [1.29, 1.82) is 0 Å². The van der Waals surface area contributed by atoms with E-state index in [4.69, 9.17) is 11.6 Å². The third-order valence-electron chi connectivity index (χ3n) is 3.43. The molecule has 1 atom stereocenters. The number of carbonyl (C=O) groups is 1. The van der Waals surface area contributed by atoms with Gasteiger partial charge in [-0.15, -0.1) is 12.4 Å². The number of amides is 1. The van der Waals surface area contributed by atoms with Crippen molar-refractivity contribution in [3.05, 3.63) is 52.6 Å². The highest BCUT2D eigenvalue weighted by Crippen LogP contribution is 2.22. The van der Waals surface area contributed by atoms with Crippen molar-refractivity contribution in [2.75, 3.05) is 14.1 Å². The standard InChI is InChI=1S/C15H18ClFN4O.ClH/c1-18-14(10-7-19-21(3)8-10)15(22)20(2)9-11-12(16)5-4-6-13(11)17;/h4-8,14,18H,9H2,1-3H3;1H. The second-order valence-electron chi connectivity index (χ2n) is 5.06. The summed E-state index contributed by atoms with van der Waals surface area (Å²) < 4.78 is 15.5. The van der Waals surface area contributed by atoms with Crippen LogP contribution in [0.3, 0.4) is 0 Å². The minimum absolute atomic E-state index is 0. The average molecular weight is 361 g/mol. The zero-order valence-electron chi connectivity index (χ0n) is 13.1. The van der Waals surface area contributed by atoms with E-state index in [0.29, 0.717) is 10.6 Å². The smallest absolute Gasteiger partial charge is 0.244 e. The number of hydrogen-bond donors (Lipinski definition) is 1. The van der Waals surface area contributed by atoms with Gasteiger partial charge in [0.2, 0.25) is 5.91 Å². The molecule has 23 heavy (non-hydrogen) atoms. The first kappa shape index (κ1) is 19.4. The summed E-state index contributed by atoms with van der Waals surface area (Å²) in [4.78, 5) is 14.0. The maximum Gasteiger partial charge on any atom is 0.244 e. The molecule has 0 saturated carbocycles. The summed E-state index contributed by atoms with van der Waals surface area (Å²) in [5.41, 5.74) is 1.06. The summed E-state index contributed by atoms with van der Waals surface area (Å²) >= 11 is 6.01. The van der Waals surface area contributed by atoms with E-state index in [-0.39, 0.29) is 24.9 Å². The van der Waals surface area contributed by atoms with Crippen LogP contribution in [0.5, 0.6) is 0 Å². The molecule has 126 valence electrons. The van der Waals surface area contributed by atoms with E-state index in [9.17, 15) is 9.18 Å². The molecule has 1 aromatic carbocycles. The van der Waals surface area contributed by atoms with Crippen molar-refractivity contribution in [1.82, 2.24) is 20.0 Å². The molecule has 1 N–H and O–H groups in total. The van der Waals surface area contributed by atoms with Crippen molar-refractivity contribution in [2.45, 2.75) is 12.6 Å². The van der Waals surface area contributed by atoms with Gasteiger partial charge in [0.1, 0.15) is 11.9 Å². The summed E-state index contributed by atoms with van der Waals surface area (Å²) in [6.45, 7) is 0.1000. The molecule has 1 unspecified atom stereocenters. The third-order valence-corrected chi connectivity index (χ3v) is 3.78. The number of aromatic nitrogens is 2. The number of benzene rings is 1. The van der Waals surface area contributed by atoms with Gasteiger partial charge in [0, 0.05) is 43.0 Å². The maximum absolute atomic E-state index is 13.8. The Kier molecular flexibility index (Phi) is 7.00. The molecule has 0 aliphatic rings. The number of halogens is 3. The van der Waals surface area contributed by atoms with E-state index < -0.39 is 11.9 Å². The van der Waals surface area contributed by atoms with Crippen LogP contribution in [0.2, 0.25) is 5.02 Å². The van der Waals surface area contributed by atoms with Crippen molar-refractivity contribution < 1.29 is 9.18 Å². The fraction of sp³-hybridized carbons (Fsp3) is 0.333. The van der Waals surface area contributed by atoms with Gasteiger partial charge in [-0.25, -0.2) is 4.39 Å². The van der Waals surface area contributed by atoms with E-state index in [0.717, 1.165) is 5.56 Å². The van der Waals surface area contributed by atoms with Crippen molar-refractivity contribution in [2.24, 2.45) is 7.05 Å². The summed E-state index contributed by atoms with van der Waals surface area (Å²) in [5.74, 6) is -0.607. The lowest BCUT2D eigenvalue weighted by Crippen LogP contribution is -2.37. The second kappa shape index (κ2) is 8.29. The molecule has 5 nitrogen and oxygen atoms in total. The van der Waals surface area contributed by atoms with Crippen LogP contribution in [0.1, 0.15) is 17.2 Å². The molecule has 1 amide bonds. The molecule has 0 saturated heterocycles. The Morgan fingerprint density at radius 3 is 2.74 bits per heavy atom. The molecule has 1 heterocycles. The summed E-state index contributed by atoms with van der Waals surface area (Å²) in [7, 11) is 5.09. The van der Waals surface area contributed by atoms with Crippen LogP contribution in [0.4, 0.5) is 4.39 Å². The Morgan fingerprint density at radius 2 is 2.22 bits per heavy atom. The van der Waals surface area contributed by atoms with Crippen molar-refractivity contribution in [3.63, 3.8) is 0 Å². The molecular weight excluding hydrogens is 342 g/mol. The van der Waals surface area contributed by atoms with Crippen LogP contribution in [-0.4, -0.2) is 34.7 Å². The number of hydrogen-bond acceptors (Lipinski definition) is 3. The zero-order valence-corrected chi connectivity index (χ0v) is 14.7. The average Bonchev–Trinajstić information content (AvgIpc) is 2.90. The van der Waals surface area contributed by atoms with Gasteiger partial charge in [-0.05, 0) is 19.2 Å². The van der Waals surface area contributed by atoms with E-state index >= 15 is 0 Å². The molecule has 0 aliphatic carbocycles. The van der Waals surface area contributed by atoms with Crippen LogP contribution in [0, 0.1) is 5.82 Å². The van der Waals surface area contributed by atoms with Crippen LogP contribution in [0.15, 0.2) is 30.6 Å². The molecule has 0 fully saturated rings. The fourth-order valence-corrected chi connectivity index (χ4v) is 2.46. The van der Waals surface area contributed by atoms with Crippen LogP contribution < -0.4 is 5.32 Å². The van der Waals surface area contributed by atoms with Gasteiger partial charge in [-0.1, -0.05) is 17.7 Å². The Hall–Kier alpha value is -1.63. The minimum Gasteiger partial charge on any atom is -0.340 e. The van der Waals surface area contributed by atoms with E-state index in [2.05, 4.69) is 10.4 Å². The van der Waals surface area contributed by atoms with Crippen molar-refractivity contribution in [3.8, 4) is 0 Å². The zero-order chi connectivity index (χ0) is 16.3. The van der Waals surface area contributed by atoms with Gasteiger partial charge in [0.25, 0.3) is 0 Å². The van der Waals surface area contributed by atoms with Gasteiger partial charge in [-0.2, -0.15) is 5.10 Å². The van der Waals surface area contributed by atoms with Crippen molar-refractivity contribution >= 4 is 29.9 Å². The van der Waals surface area contributed by atoms with Crippen LogP contribution in [0.25, 0.3) is 0 Å². The first-order chi connectivity index (χ1) is 10.4. The first-order valence-electron chi connectivity index (χ1n) is 6.77. The molecule has 8 heteroatoms. The van der Waals surface area contributed by atoms with Crippen LogP contribution in [-0.2, 0) is 18.4 Å². The van der Waals surface area contributed by atoms with E-state index in [1.54, 1.807) is 44.3 Å². The lowest BCUT2D eigenvalue weighted by Gasteiger charge is -2.23.